The van der Waals surface area contributed by atoms with Gasteiger partial charge in [-0.3, -0.25) is 4.79 Å². The van der Waals surface area contributed by atoms with Gasteiger partial charge < -0.3 is 9.13 Å². The van der Waals surface area contributed by atoms with Crippen molar-refractivity contribution in [1.29, 1.82) is 0 Å². The fourth-order valence-corrected chi connectivity index (χ4v) is 4.20. The summed E-state index contributed by atoms with van der Waals surface area (Å²) >= 11 is 0. The summed E-state index contributed by atoms with van der Waals surface area (Å²) in [6.45, 7) is 1.98. The summed E-state index contributed by atoms with van der Waals surface area (Å²) in [5.74, 6) is 1.75. The number of carbonyl (C=O) groups is 1. The number of aryl methyl sites for hydroxylation is 1. The number of hydrogen-bond acceptors (Lipinski definition) is 3. The quantitative estimate of drug-likeness (QED) is 0.489. The molecule has 5 rings (SSSR count). The van der Waals surface area contributed by atoms with E-state index in [1.54, 1.807) is 12.4 Å². The second kappa shape index (κ2) is 7.17. The van der Waals surface area contributed by atoms with Crippen LogP contribution in [-0.4, -0.2) is 24.9 Å². The van der Waals surface area contributed by atoms with Gasteiger partial charge in [-0.15, -0.1) is 0 Å². The molecule has 0 bridgehead atoms. The number of ketones is 1. The van der Waals surface area contributed by atoms with Crippen LogP contribution < -0.4 is 0 Å². The Balaban J connectivity index is 1.59. The van der Waals surface area contributed by atoms with Crippen molar-refractivity contribution in [2.75, 3.05) is 0 Å². The van der Waals surface area contributed by atoms with Gasteiger partial charge in [0, 0.05) is 47.8 Å². The predicted octanol–water partition coefficient (Wildman–Crippen LogP) is 4.48. The second-order valence-electron chi connectivity index (χ2n) is 7.51. The largest absolute Gasteiger partial charge is 0.308 e. The number of aromatic nitrogens is 4. The minimum absolute atomic E-state index is 0.0741. The average Bonchev–Trinajstić information content (AvgIpc) is 3.36. The zero-order valence-electron chi connectivity index (χ0n) is 16.4. The zero-order chi connectivity index (χ0) is 19.8. The SMILES string of the molecule is Cc1cn(-c2ccccn2)cc1C(=O)c1cn(-c2ccccn2)c2c1CCCC2. The van der Waals surface area contributed by atoms with E-state index < -0.39 is 0 Å². The highest BCUT2D eigenvalue weighted by atomic mass is 16.1. The summed E-state index contributed by atoms with van der Waals surface area (Å²) in [4.78, 5) is 22.5. The Bertz CT molecular complexity index is 1170. The standard InChI is InChI=1S/C24H22N4O/c1-17-14-27(22-10-4-6-12-25-22)15-19(17)24(29)20-16-28(23-11-5-7-13-26-23)21-9-3-2-8-18(20)21/h4-7,10-16H,2-3,8-9H2,1H3. The molecule has 0 aromatic carbocycles. The molecule has 0 saturated heterocycles. The first-order valence-corrected chi connectivity index (χ1v) is 10.0. The summed E-state index contributed by atoms with van der Waals surface area (Å²) < 4.78 is 4.03. The third-order valence-electron chi connectivity index (χ3n) is 5.64. The lowest BCUT2D eigenvalue weighted by Crippen LogP contribution is -2.09. The van der Waals surface area contributed by atoms with Crippen LogP contribution in [0.2, 0.25) is 0 Å². The molecule has 0 saturated carbocycles. The van der Waals surface area contributed by atoms with Gasteiger partial charge in [-0.05, 0) is 68.0 Å². The molecule has 0 atom stereocenters. The highest BCUT2D eigenvalue weighted by Gasteiger charge is 2.26. The highest BCUT2D eigenvalue weighted by Crippen LogP contribution is 2.31. The fraction of sp³-hybridized carbons (Fsp3) is 0.208. The third kappa shape index (κ3) is 3.09. The molecule has 144 valence electrons. The molecule has 0 spiro atoms. The van der Waals surface area contributed by atoms with Crippen LogP contribution in [0.3, 0.4) is 0 Å². The first-order chi connectivity index (χ1) is 14.2. The maximum absolute atomic E-state index is 13.6. The van der Waals surface area contributed by atoms with E-state index in [1.807, 2.05) is 66.5 Å². The van der Waals surface area contributed by atoms with E-state index in [0.29, 0.717) is 0 Å². The highest BCUT2D eigenvalue weighted by molar-refractivity contribution is 6.11. The van der Waals surface area contributed by atoms with Gasteiger partial charge in [-0.2, -0.15) is 0 Å². The van der Waals surface area contributed by atoms with Crippen LogP contribution in [0.15, 0.2) is 67.4 Å². The van der Waals surface area contributed by atoms with Crippen LogP contribution in [0.1, 0.15) is 45.6 Å². The fourth-order valence-electron chi connectivity index (χ4n) is 4.20. The monoisotopic (exact) mass is 382 g/mol. The molecule has 5 nitrogen and oxygen atoms in total. The Labute approximate surface area is 169 Å². The van der Waals surface area contributed by atoms with Gasteiger partial charge in [0.1, 0.15) is 11.6 Å². The third-order valence-corrected chi connectivity index (χ3v) is 5.64. The van der Waals surface area contributed by atoms with Crippen molar-refractivity contribution in [2.24, 2.45) is 0 Å². The average molecular weight is 382 g/mol. The molecular weight excluding hydrogens is 360 g/mol. The van der Waals surface area contributed by atoms with Crippen molar-refractivity contribution in [3.8, 4) is 11.6 Å². The maximum Gasteiger partial charge on any atom is 0.196 e. The molecule has 0 amide bonds. The van der Waals surface area contributed by atoms with Crippen molar-refractivity contribution >= 4 is 5.78 Å². The van der Waals surface area contributed by atoms with Crippen molar-refractivity contribution in [1.82, 2.24) is 19.1 Å². The molecular formula is C24H22N4O. The Morgan fingerprint density at radius 3 is 2.31 bits per heavy atom. The number of rotatable bonds is 4. The molecule has 29 heavy (non-hydrogen) atoms. The molecule has 0 radical (unpaired) electrons. The van der Waals surface area contributed by atoms with Gasteiger partial charge in [-0.25, -0.2) is 9.97 Å². The molecule has 4 aromatic rings. The summed E-state index contributed by atoms with van der Waals surface area (Å²) in [5, 5.41) is 0. The summed E-state index contributed by atoms with van der Waals surface area (Å²) in [5.41, 5.74) is 4.88. The number of hydrogen-bond donors (Lipinski definition) is 0. The molecule has 0 N–H and O–H groups in total. The maximum atomic E-state index is 13.6. The van der Waals surface area contributed by atoms with E-state index >= 15 is 0 Å². The van der Waals surface area contributed by atoms with E-state index in [2.05, 4.69) is 14.5 Å². The van der Waals surface area contributed by atoms with Crippen molar-refractivity contribution in [2.45, 2.75) is 32.6 Å². The van der Waals surface area contributed by atoms with Crippen molar-refractivity contribution < 1.29 is 4.79 Å². The molecule has 0 unspecified atom stereocenters. The lowest BCUT2D eigenvalue weighted by atomic mass is 9.92. The van der Waals surface area contributed by atoms with Crippen LogP contribution in [0, 0.1) is 6.92 Å². The minimum atomic E-state index is 0.0741. The topological polar surface area (TPSA) is 52.7 Å². The van der Waals surface area contributed by atoms with Gasteiger partial charge in [0.2, 0.25) is 0 Å². The van der Waals surface area contributed by atoms with E-state index in [0.717, 1.165) is 54.0 Å². The van der Waals surface area contributed by atoms with Gasteiger partial charge in [0.15, 0.2) is 5.78 Å². The van der Waals surface area contributed by atoms with E-state index in [1.165, 1.54) is 11.3 Å². The number of pyridine rings is 2. The van der Waals surface area contributed by atoms with Gasteiger partial charge in [-0.1, -0.05) is 12.1 Å². The van der Waals surface area contributed by atoms with Crippen LogP contribution in [0.4, 0.5) is 0 Å². The summed E-state index contributed by atoms with van der Waals surface area (Å²) in [7, 11) is 0. The number of fused-ring (bicyclic) bond motifs is 1. The normalized spacial score (nSPS) is 13.3. The molecule has 5 heteroatoms. The Morgan fingerprint density at radius 1 is 0.862 bits per heavy atom. The van der Waals surface area contributed by atoms with E-state index in [4.69, 9.17) is 0 Å². The Kier molecular flexibility index (Phi) is 4.35. The number of carbonyl (C=O) groups excluding carboxylic acids is 1. The van der Waals surface area contributed by atoms with Crippen molar-refractivity contribution in [3.05, 3.63) is 95.3 Å². The molecule has 1 aliphatic rings. The summed E-state index contributed by atoms with van der Waals surface area (Å²) in [6, 6.07) is 11.7. The van der Waals surface area contributed by atoms with Gasteiger partial charge in [0.05, 0.1) is 0 Å². The van der Waals surface area contributed by atoms with Gasteiger partial charge in [0.25, 0.3) is 0 Å². The second-order valence-corrected chi connectivity index (χ2v) is 7.51. The Hall–Kier alpha value is -3.47. The van der Waals surface area contributed by atoms with Crippen LogP contribution in [-0.2, 0) is 12.8 Å². The van der Waals surface area contributed by atoms with E-state index in [-0.39, 0.29) is 5.78 Å². The summed E-state index contributed by atoms with van der Waals surface area (Å²) in [6.07, 6.45) is 13.6. The lowest BCUT2D eigenvalue weighted by Gasteiger charge is -2.15. The smallest absolute Gasteiger partial charge is 0.196 e. The first kappa shape index (κ1) is 17.6. The molecule has 4 aromatic heterocycles. The molecule has 4 heterocycles. The molecule has 0 fully saturated rings. The van der Waals surface area contributed by atoms with Crippen LogP contribution in [0.5, 0.6) is 0 Å². The number of nitrogens with zero attached hydrogens (tertiary/aromatic N) is 4. The van der Waals surface area contributed by atoms with Gasteiger partial charge >= 0.3 is 0 Å². The van der Waals surface area contributed by atoms with Crippen LogP contribution in [0.25, 0.3) is 11.6 Å². The van der Waals surface area contributed by atoms with Crippen molar-refractivity contribution in [3.63, 3.8) is 0 Å². The zero-order valence-corrected chi connectivity index (χ0v) is 16.4. The first-order valence-electron chi connectivity index (χ1n) is 10.0. The predicted molar refractivity (Wildman–Crippen MR) is 112 cm³/mol. The molecule has 1 aliphatic carbocycles. The Morgan fingerprint density at radius 2 is 1.59 bits per heavy atom. The van der Waals surface area contributed by atoms with Crippen LogP contribution >= 0.6 is 0 Å². The molecule has 0 aliphatic heterocycles. The minimum Gasteiger partial charge on any atom is -0.308 e. The van der Waals surface area contributed by atoms with E-state index in [9.17, 15) is 4.79 Å². The lowest BCUT2D eigenvalue weighted by molar-refractivity contribution is 0.103.